The summed E-state index contributed by atoms with van der Waals surface area (Å²) < 4.78 is 0. The SMILES string of the molecule is CNC(c1ccc(Cl)cn1)c1cncc2ccccc12. The molecule has 20 heavy (non-hydrogen) atoms. The Kier molecular flexibility index (Phi) is 3.63. The zero-order chi connectivity index (χ0) is 13.9. The van der Waals surface area contributed by atoms with E-state index in [2.05, 4.69) is 27.4 Å². The molecule has 3 rings (SSSR count). The average molecular weight is 284 g/mol. The number of benzene rings is 1. The van der Waals surface area contributed by atoms with E-state index in [9.17, 15) is 0 Å². The second kappa shape index (κ2) is 5.57. The van der Waals surface area contributed by atoms with Crippen molar-refractivity contribution in [3.63, 3.8) is 0 Å². The van der Waals surface area contributed by atoms with Gasteiger partial charge in [-0.25, -0.2) is 0 Å². The summed E-state index contributed by atoms with van der Waals surface area (Å²) in [6.45, 7) is 0. The predicted octanol–water partition coefficient (Wildman–Crippen LogP) is 3.59. The molecule has 2 heterocycles. The molecule has 3 nitrogen and oxygen atoms in total. The Balaban J connectivity index is 2.14. The van der Waals surface area contributed by atoms with E-state index in [0.717, 1.165) is 16.6 Å². The maximum atomic E-state index is 5.91. The fourth-order valence-electron chi connectivity index (χ4n) is 2.39. The molecule has 0 bridgehead atoms. The molecule has 0 saturated carbocycles. The molecule has 1 aromatic carbocycles. The molecule has 0 fully saturated rings. The van der Waals surface area contributed by atoms with Gasteiger partial charge in [0.1, 0.15) is 0 Å². The van der Waals surface area contributed by atoms with Crippen LogP contribution in [0.4, 0.5) is 0 Å². The quantitative estimate of drug-likeness (QED) is 0.798. The highest BCUT2D eigenvalue weighted by molar-refractivity contribution is 6.30. The zero-order valence-corrected chi connectivity index (χ0v) is 11.8. The number of hydrogen-bond donors (Lipinski definition) is 1. The first-order valence-electron chi connectivity index (χ1n) is 6.41. The van der Waals surface area contributed by atoms with Gasteiger partial charge >= 0.3 is 0 Å². The molecule has 3 aromatic rings. The molecule has 1 atom stereocenters. The van der Waals surface area contributed by atoms with Gasteiger partial charge in [-0.3, -0.25) is 9.97 Å². The summed E-state index contributed by atoms with van der Waals surface area (Å²) in [7, 11) is 1.92. The van der Waals surface area contributed by atoms with Crippen molar-refractivity contribution < 1.29 is 0 Å². The van der Waals surface area contributed by atoms with Crippen molar-refractivity contribution >= 4 is 22.4 Å². The van der Waals surface area contributed by atoms with Crippen LogP contribution in [0.25, 0.3) is 10.8 Å². The van der Waals surface area contributed by atoms with E-state index < -0.39 is 0 Å². The largest absolute Gasteiger partial charge is 0.308 e. The molecule has 0 saturated heterocycles. The Hall–Kier alpha value is -1.97. The van der Waals surface area contributed by atoms with Crippen molar-refractivity contribution in [2.24, 2.45) is 0 Å². The molecular weight excluding hydrogens is 270 g/mol. The Labute approximate surface area is 122 Å². The number of hydrogen-bond acceptors (Lipinski definition) is 3. The van der Waals surface area contributed by atoms with Gasteiger partial charge in [0.15, 0.2) is 0 Å². The second-order valence-electron chi connectivity index (χ2n) is 4.57. The van der Waals surface area contributed by atoms with Gasteiger partial charge in [-0.1, -0.05) is 35.9 Å². The third-order valence-electron chi connectivity index (χ3n) is 3.34. The predicted molar refractivity (Wildman–Crippen MR) is 81.9 cm³/mol. The first kappa shape index (κ1) is 13.0. The Bertz CT molecular complexity index is 720. The van der Waals surface area contributed by atoms with Gasteiger partial charge in [0.2, 0.25) is 0 Å². The minimum absolute atomic E-state index is 0.00846. The van der Waals surface area contributed by atoms with Crippen molar-refractivity contribution in [3.05, 3.63) is 71.3 Å². The number of aromatic nitrogens is 2. The van der Waals surface area contributed by atoms with Gasteiger partial charge in [0, 0.05) is 29.5 Å². The van der Waals surface area contributed by atoms with Crippen LogP contribution in [0.15, 0.2) is 55.0 Å². The molecule has 0 aliphatic heterocycles. The third kappa shape index (κ3) is 2.38. The average Bonchev–Trinajstić information content (AvgIpc) is 2.50. The van der Waals surface area contributed by atoms with Crippen LogP contribution in [0.1, 0.15) is 17.3 Å². The van der Waals surface area contributed by atoms with E-state index in [1.165, 1.54) is 5.39 Å². The lowest BCUT2D eigenvalue weighted by Gasteiger charge is -2.17. The lowest BCUT2D eigenvalue weighted by molar-refractivity contribution is 0.673. The van der Waals surface area contributed by atoms with E-state index in [1.54, 1.807) is 6.20 Å². The number of pyridine rings is 2. The van der Waals surface area contributed by atoms with E-state index >= 15 is 0 Å². The lowest BCUT2D eigenvalue weighted by Crippen LogP contribution is -2.19. The first-order valence-corrected chi connectivity index (χ1v) is 6.79. The van der Waals surface area contributed by atoms with Crippen molar-refractivity contribution in [2.75, 3.05) is 7.05 Å². The summed E-state index contributed by atoms with van der Waals surface area (Å²) in [5.41, 5.74) is 2.04. The summed E-state index contributed by atoms with van der Waals surface area (Å²) in [5, 5.41) is 6.24. The van der Waals surface area contributed by atoms with E-state index in [0.29, 0.717) is 5.02 Å². The van der Waals surface area contributed by atoms with Crippen LogP contribution in [0, 0.1) is 0 Å². The highest BCUT2D eigenvalue weighted by atomic mass is 35.5. The zero-order valence-electron chi connectivity index (χ0n) is 11.0. The topological polar surface area (TPSA) is 37.8 Å². The van der Waals surface area contributed by atoms with Gasteiger partial charge in [-0.2, -0.15) is 0 Å². The highest BCUT2D eigenvalue weighted by Gasteiger charge is 2.16. The van der Waals surface area contributed by atoms with Gasteiger partial charge < -0.3 is 5.32 Å². The van der Waals surface area contributed by atoms with E-state index in [-0.39, 0.29) is 6.04 Å². The highest BCUT2D eigenvalue weighted by Crippen LogP contribution is 2.27. The minimum atomic E-state index is -0.00846. The number of fused-ring (bicyclic) bond motifs is 1. The summed E-state index contributed by atoms with van der Waals surface area (Å²) in [5.74, 6) is 0. The van der Waals surface area contributed by atoms with Gasteiger partial charge in [0.05, 0.1) is 16.8 Å². The number of nitrogens with one attached hydrogen (secondary N) is 1. The molecule has 0 aliphatic carbocycles. The molecule has 0 radical (unpaired) electrons. The third-order valence-corrected chi connectivity index (χ3v) is 3.57. The standard InChI is InChI=1S/C16H14ClN3/c1-18-16(15-7-6-12(17)9-20-15)14-10-19-8-11-4-2-3-5-13(11)14/h2-10,16,18H,1H3. The maximum Gasteiger partial charge on any atom is 0.0770 e. The summed E-state index contributed by atoms with van der Waals surface area (Å²) in [4.78, 5) is 8.74. The van der Waals surface area contributed by atoms with Crippen molar-refractivity contribution in [2.45, 2.75) is 6.04 Å². The minimum Gasteiger partial charge on any atom is -0.308 e. The molecule has 1 unspecified atom stereocenters. The second-order valence-corrected chi connectivity index (χ2v) is 5.01. The van der Waals surface area contributed by atoms with Crippen LogP contribution in [-0.4, -0.2) is 17.0 Å². The molecular formula is C16H14ClN3. The number of nitrogens with zero attached hydrogens (tertiary/aromatic N) is 2. The fraction of sp³-hybridized carbons (Fsp3) is 0.125. The fourth-order valence-corrected chi connectivity index (χ4v) is 2.50. The molecule has 2 aromatic heterocycles. The van der Waals surface area contributed by atoms with Crippen LogP contribution in [0.5, 0.6) is 0 Å². The van der Waals surface area contributed by atoms with Crippen molar-refractivity contribution in [1.82, 2.24) is 15.3 Å². The van der Waals surface area contributed by atoms with Crippen molar-refractivity contribution in [3.8, 4) is 0 Å². The van der Waals surface area contributed by atoms with Crippen LogP contribution < -0.4 is 5.32 Å². The monoisotopic (exact) mass is 283 g/mol. The normalized spacial score (nSPS) is 12.5. The van der Waals surface area contributed by atoms with Crippen LogP contribution in [-0.2, 0) is 0 Å². The Morgan fingerprint density at radius 3 is 2.65 bits per heavy atom. The first-order chi connectivity index (χ1) is 9.79. The smallest absolute Gasteiger partial charge is 0.0770 e. The lowest BCUT2D eigenvalue weighted by atomic mass is 9.99. The van der Waals surface area contributed by atoms with Gasteiger partial charge in [-0.05, 0) is 24.6 Å². The molecule has 1 N–H and O–H groups in total. The van der Waals surface area contributed by atoms with E-state index in [1.807, 2.05) is 43.7 Å². The van der Waals surface area contributed by atoms with Crippen LogP contribution in [0.2, 0.25) is 5.02 Å². The Morgan fingerprint density at radius 2 is 1.90 bits per heavy atom. The maximum absolute atomic E-state index is 5.91. The summed E-state index contributed by atoms with van der Waals surface area (Å²) in [6.07, 6.45) is 5.43. The van der Waals surface area contributed by atoms with Gasteiger partial charge in [0.25, 0.3) is 0 Å². The van der Waals surface area contributed by atoms with Crippen LogP contribution >= 0.6 is 11.6 Å². The molecule has 0 aliphatic rings. The van der Waals surface area contributed by atoms with Crippen LogP contribution in [0.3, 0.4) is 0 Å². The molecule has 4 heteroatoms. The Morgan fingerprint density at radius 1 is 1.05 bits per heavy atom. The summed E-state index contributed by atoms with van der Waals surface area (Å²) in [6, 6.07) is 12.0. The number of rotatable bonds is 3. The molecule has 0 spiro atoms. The van der Waals surface area contributed by atoms with E-state index in [4.69, 9.17) is 11.6 Å². The van der Waals surface area contributed by atoms with Gasteiger partial charge in [-0.15, -0.1) is 0 Å². The molecule has 100 valence electrons. The summed E-state index contributed by atoms with van der Waals surface area (Å²) >= 11 is 5.91. The number of halogens is 1. The molecule has 0 amide bonds. The van der Waals surface area contributed by atoms with Crippen molar-refractivity contribution in [1.29, 1.82) is 0 Å².